The molecule has 0 spiro atoms. The maximum atomic E-state index is 12.4. The van der Waals surface area contributed by atoms with E-state index in [1.54, 1.807) is 19.1 Å². The van der Waals surface area contributed by atoms with Crippen molar-refractivity contribution in [1.29, 1.82) is 0 Å². The first kappa shape index (κ1) is 17.7. The molecule has 126 valence electrons. The summed E-state index contributed by atoms with van der Waals surface area (Å²) in [5.41, 5.74) is 2.68. The van der Waals surface area contributed by atoms with E-state index in [1.807, 2.05) is 19.9 Å². The van der Waals surface area contributed by atoms with E-state index in [0.29, 0.717) is 11.1 Å². The smallest absolute Gasteiger partial charge is 0.342 e. The summed E-state index contributed by atoms with van der Waals surface area (Å²) in [6, 6.07) is 6.57. The molecule has 0 aliphatic carbocycles. The van der Waals surface area contributed by atoms with Crippen LogP contribution in [0.4, 0.5) is 0 Å². The summed E-state index contributed by atoms with van der Waals surface area (Å²) >= 11 is 0. The van der Waals surface area contributed by atoms with Crippen LogP contribution in [0.3, 0.4) is 0 Å². The van der Waals surface area contributed by atoms with Crippen molar-refractivity contribution in [3.8, 4) is 0 Å². The second kappa shape index (κ2) is 6.83. The second-order valence-corrected chi connectivity index (χ2v) is 5.89. The second-order valence-electron chi connectivity index (χ2n) is 5.89. The first-order valence-corrected chi connectivity index (χ1v) is 7.64. The number of aryl methyl sites for hydroxylation is 4. The van der Waals surface area contributed by atoms with E-state index in [2.05, 4.69) is 0 Å². The van der Waals surface area contributed by atoms with Gasteiger partial charge in [-0.2, -0.15) is 0 Å². The Bertz CT molecular complexity index is 834. The SMILES string of the molecule is Cc1ccc(C(=O)[C@H](C)OC(=O)c2c(C)cc(=O)oc2C)cc1C. The van der Waals surface area contributed by atoms with Crippen LogP contribution >= 0.6 is 0 Å². The zero-order valence-electron chi connectivity index (χ0n) is 14.4. The van der Waals surface area contributed by atoms with Gasteiger partial charge in [0.2, 0.25) is 5.78 Å². The maximum absolute atomic E-state index is 12.4. The Balaban J connectivity index is 2.21. The quantitative estimate of drug-likeness (QED) is 0.636. The standard InChI is InChI=1S/C19H20O5/c1-10-6-7-15(8-11(10)2)18(21)14(5)24-19(22)17-12(3)9-16(20)23-13(17)4/h6-9,14H,1-5H3/t14-/m0/s1. The molecule has 1 atom stereocenters. The monoisotopic (exact) mass is 328 g/mol. The van der Waals surface area contributed by atoms with Crippen molar-refractivity contribution >= 4 is 11.8 Å². The summed E-state index contributed by atoms with van der Waals surface area (Å²) in [7, 11) is 0. The lowest BCUT2D eigenvalue weighted by Gasteiger charge is -2.14. The number of carbonyl (C=O) groups is 2. The number of hydrogen-bond acceptors (Lipinski definition) is 5. The molecular formula is C19H20O5. The van der Waals surface area contributed by atoms with Gasteiger partial charge < -0.3 is 9.15 Å². The van der Waals surface area contributed by atoms with Gasteiger partial charge in [-0.05, 0) is 57.4 Å². The van der Waals surface area contributed by atoms with E-state index in [4.69, 9.17) is 9.15 Å². The molecule has 2 aromatic rings. The topological polar surface area (TPSA) is 73.6 Å². The molecule has 0 aliphatic heterocycles. The molecule has 0 N–H and O–H groups in total. The first-order valence-electron chi connectivity index (χ1n) is 7.64. The normalized spacial score (nSPS) is 11.9. The molecule has 0 unspecified atom stereocenters. The van der Waals surface area contributed by atoms with Gasteiger partial charge in [0.1, 0.15) is 11.3 Å². The van der Waals surface area contributed by atoms with Gasteiger partial charge in [-0.15, -0.1) is 0 Å². The van der Waals surface area contributed by atoms with E-state index in [0.717, 1.165) is 11.1 Å². The Morgan fingerprint density at radius 3 is 2.25 bits per heavy atom. The molecule has 0 aliphatic rings. The van der Waals surface area contributed by atoms with Crippen LogP contribution < -0.4 is 5.63 Å². The molecule has 0 saturated carbocycles. The van der Waals surface area contributed by atoms with Crippen LogP contribution in [0.25, 0.3) is 0 Å². The predicted molar refractivity (Wildman–Crippen MR) is 89.6 cm³/mol. The zero-order chi connectivity index (χ0) is 18.0. The minimum Gasteiger partial charge on any atom is -0.451 e. The number of Topliss-reactive ketones (excluding diaryl/α,β-unsaturated/α-hetero) is 1. The summed E-state index contributed by atoms with van der Waals surface area (Å²) in [4.78, 5) is 36.1. The largest absolute Gasteiger partial charge is 0.451 e. The molecule has 1 heterocycles. The molecule has 0 fully saturated rings. The highest BCUT2D eigenvalue weighted by molar-refractivity contribution is 6.01. The van der Waals surface area contributed by atoms with Crippen molar-refractivity contribution in [1.82, 2.24) is 0 Å². The molecular weight excluding hydrogens is 308 g/mol. The first-order chi connectivity index (χ1) is 11.2. The Labute approximate surface area is 140 Å². The lowest BCUT2D eigenvalue weighted by Crippen LogP contribution is -2.25. The van der Waals surface area contributed by atoms with Gasteiger partial charge >= 0.3 is 11.6 Å². The van der Waals surface area contributed by atoms with Crippen LogP contribution in [0.1, 0.15) is 50.1 Å². The van der Waals surface area contributed by atoms with Gasteiger partial charge in [0.15, 0.2) is 6.10 Å². The van der Waals surface area contributed by atoms with Crippen LogP contribution in [0.5, 0.6) is 0 Å². The van der Waals surface area contributed by atoms with E-state index >= 15 is 0 Å². The highest BCUT2D eigenvalue weighted by Crippen LogP contribution is 2.16. The van der Waals surface area contributed by atoms with Gasteiger partial charge in [0.25, 0.3) is 0 Å². The summed E-state index contributed by atoms with van der Waals surface area (Å²) in [6.07, 6.45) is -0.940. The molecule has 1 aromatic carbocycles. The highest BCUT2D eigenvalue weighted by atomic mass is 16.5. The van der Waals surface area contributed by atoms with Gasteiger partial charge in [0.05, 0.1) is 0 Å². The molecule has 0 bridgehead atoms. The van der Waals surface area contributed by atoms with Crippen molar-refractivity contribution in [3.63, 3.8) is 0 Å². The van der Waals surface area contributed by atoms with Gasteiger partial charge in [-0.25, -0.2) is 9.59 Å². The van der Waals surface area contributed by atoms with E-state index < -0.39 is 17.7 Å². The molecule has 5 heteroatoms. The van der Waals surface area contributed by atoms with Crippen molar-refractivity contribution in [2.24, 2.45) is 0 Å². The number of ether oxygens (including phenoxy) is 1. The number of rotatable bonds is 4. The predicted octanol–water partition coefficient (Wildman–Crippen LogP) is 3.30. The number of benzene rings is 1. The van der Waals surface area contributed by atoms with Gasteiger partial charge in [-0.3, -0.25) is 4.79 Å². The summed E-state index contributed by atoms with van der Waals surface area (Å²) in [5, 5.41) is 0. The van der Waals surface area contributed by atoms with E-state index in [9.17, 15) is 14.4 Å². The van der Waals surface area contributed by atoms with Crippen molar-refractivity contribution in [2.75, 3.05) is 0 Å². The Morgan fingerprint density at radius 1 is 1.00 bits per heavy atom. The minimum absolute atomic E-state index is 0.175. The number of esters is 1. The van der Waals surface area contributed by atoms with Crippen LogP contribution in [-0.2, 0) is 4.74 Å². The lowest BCUT2D eigenvalue weighted by atomic mass is 10.0. The summed E-state index contributed by atoms with van der Waals surface area (Å²) < 4.78 is 10.2. The number of carbonyl (C=O) groups excluding carboxylic acids is 2. The minimum atomic E-state index is -0.940. The van der Waals surface area contributed by atoms with Crippen molar-refractivity contribution < 1.29 is 18.7 Å². The highest BCUT2D eigenvalue weighted by Gasteiger charge is 2.23. The zero-order valence-corrected chi connectivity index (χ0v) is 14.4. The van der Waals surface area contributed by atoms with Crippen LogP contribution in [-0.4, -0.2) is 17.9 Å². The van der Waals surface area contributed by atoms with E-state index in [1.165, 1.54) is 19.9 Å². The number of ketones is 1. The fourth-order valence-corrected chi connectivity index (χ4v) is 2.47. The molecule has 0 saturated heterocycles. The van der Waals surface area contributed by atoms with Crippen LogP contribution in [0.15, 0.2) is 33.5 Å². The Kier molecular flexibility index (Phi) is 5.02. The summed E-state index contributed by atoms with van der Waals surface area (Å²) in [5.74, 6) is -0.784. The fourth-order valence-electron chi connectivity index (χ4n) is 2.47. The summed E-state index contributed by atoms with van der Waals surface area (Å²) in [6.45, 7) is 8.54. The molecule has 0 radical (unpaired) electrons. The molecule has 24 heavy (non-hydrogen) atoms. The average molecular weight is 328 g/mol. The maximum Gasteiger partial charge on any atom is 0.342 e. The van der Waals surface area contributed by atoms with Crippen LogP contribution in [0.2, 0.25) is 0 Å². The number of hydrogen-bond donors (Lipinski definition) is 0. The molecule has 2 rings (SSSR count). The van der Waals surface area contributed by atoms with E-state index in [-0.39, 0.29) is 17.1 Å². The Morgan fingerprint density at radius 2 is 1.67 bits per heavy atom. The Hall–Kier alpha value is -2.69. The van der Waals surface area contributed by atoms with Crippen molar-refractivity contribution in [2.45, 2.75) is 40.7 Å². The van der Waals surface area contributed by atoms with Crippen LogP contribution in [0, 0.1) is 27.7 Å². The molecule has 5 nitrogen and oxygen atoms in total. The average Bonchev–Trinajstić information content (AvgIpc) is 2.48. The van der Waals surface area contributed by atoms with Gasteiger partial charge in [-0.1, -0.05) is 12.1 Å². The third kappa shape index (κ3) is 3.62. The third-order valence-corrected chi connectivity index (χ3v) is 3.98. The fraction of sp³-hybridized carbons (Fsp3) is 0.316. The molecule has 1 aromatic heterocycles. The van der Waals surface area contributed by atoms with Crippen molar-refractivity contribution in [3.05, 3.63) is 68.3 Å². The molecule has 0 amide bonds. The lowest BCUT2D eigenvalue weighted by molar-refractivity contribution is 0.0314. The van der Waals surface area contributed by atoms with Gasteiger partial charge in [0, 0.05) is 11.6 Å². The third-order valence-electron chi connectivity index (χ3n) is 3.98.